The van der Waals surface area contributed by atoms with Crippen molar-refractivity contribution in [2.45, 2.75) is 32.1 Å². The molecular formula is C17H18O3. The Morgan fingerprint density at radius 3 is 2.85 bits per heavy atom. The smallest absolute Gasteiger partial charge is 0.193 e. The number of fused-ring (bicyclic) bond motifs is 3. The first-order chi connectivity index (χ1) is 9.69. The highest BCUT2D eigenvalue weighted by molar-refractivity contribution is 5.77. The lowest BCUT2D eigenvalue weighted by Gasteiger charge is -2.20. The Hall–Kier alpha value is -1.77. The van der Waals surface area contributed by atoms with Gasteiger partial charge in [0.1, 0.15) is 17.1 Å². The van der Waals surface area contributed by atoms with E-state index in [9.17, 15) is 9.90 Å². The van der Waals surface area contributed by atoms with Crippen LogP contribution in [-0.4, -0.2) is 5.11 Å². The molecule has 2 saturated carbocycles. The fourth-order valence-corrected chi connectivity index (χ4v) is 4.18. The first-order valence-corrected chi connectivity index (χ1v) is 7.45. The number of phenols is 1. The minimum atomic E-state index is -0.0553. The third-order valence-corrected chi connectivity index (χ3v) is 5.11. The summed E-state index contributed by atoms with van der Waals surface area (Å²) in [7, 11) is 0. The Balaban J connectivity index is 1.67. The molecule has 1 aromatic carbocycles. The maximum absolute atomic E-state index is 12.1. The molecule has 0 amide bonds. The zero-order valence-corrected chi connectivity index (χ0v) is 11.3. The molecule has 3 unspecified atom stereocenters. The van der Waals surface area contributed by atoms with Crippen molar-refractivity contribution in [3.05, 3.63) is 40.2 Å². The molecule has 2 bridgehead atoms. The molecule has 2 aliphatic rings. The Morgan fingerprint density at radius 1 is 1.20 bits per heavy atom. The molecule has 2 aliphatic carbocycles. The molecule has 1 heterocycles. The quantitative estimate of drug-likeness (QED) is 0.909. The van der Waals surface area contributed by atoms with Crippen molar-refractivity contribution >= 4 is 11.0 Å². The maximum Gasteiger partial charge on any atom is 0.193 e. The second-order valence-electron chi connectivity index (χ2n) is 6.40. The second kappa shape index (κ2) is 4.37. The minimum absolute atomic E-state index is 0.0553. The number of benzene rings is 1. The lowest BCUT2D eigenvalue weighted by atomic mass is 9.86. The van der Waals surface area contributed by atoms with Crippen LogP contribution < -0.4 is 5.43 Å². The number of hydrogen-bond donors (Lipinski definition) is 1. The van der Waals surface area contributed by atoms with E-state index in [2.05, 4.69) is 0 Å². The summed E-state index contributed by atoms with van der Waals surface area (Å²) in [5.41, 5.74) is 0.522. The summed E-state index contributed by atoms with van der Waals surface area (Å²) in [5, 5.41) is 9.90. The van der Waals surface area contributed by atoms with E-state index in [-0.39, 0.29) is 11.2 Å². The van der Waals surface area contributed by atoms with E-state index in [4.69, 9.17) is 4.42 Å². The molecule has 0 radical (unpaired) electrons. The molecule has 2 fully saturated rings. The van der Waals surface area contributed by atoms with Crippen LogP contribution in [0, 0.1) is 17.8 Å². The highest BCUT2D eigenvalue weighted by Gasteiger charge is 2.39. The van der Waals surface area contributed by atoms with Crippen molar-refractivity contribution in [3.8, 4) is 5.75 Å². The van der Waals surface area contributed by atoms with Crippen LogP contribution in [0.1, 0.15) is 31.4 Å². The second-order valence-corrected chi connectivity index (χ2v) is 6.40. The van der Waals surface area contributed by atoms with Crippen LogP contribution in [0.15, 0.2) is 33.5 Å². The lowest BCUT2D eigenvalue weighted by molar-refractivity contribution is 0.313. The monoisotopic (exact) mass is 270 g/mol. The van der Waals surface area contributed by atoms with Gasteiger partial charge in [0.15, 0.2) is 5.43 Å². The van der Waals surface area contributed by atoms with Gasteiger partial charge >= 0.3 is 0 Å². The average molecular weight is 270 g/mol. The molecule has 2 aromatic rings. The van der Waals surface area contributed by atoms with Gasteiger partial charge in [0.05, 0.1) is 5.39 Å². The highest BCUT2D eigenvalue weighted by atomic mass is 16.3. The van der Waals surface area contributed by atoms with Crippen LogP contribution in [0.25, 0.3) is 11.0 Å². The first kappa shape index (κ1) is 12.0. The largest absolute Gasteiger partial charge is 0.508 e. The number of aromatic hydroxyl groups is 1. The minimum Gasteiger partial charge on any atom is -0.508 e. The van der Waals surface area contributed by atoms with Gasteiger partial charge in [-0.3, -0.25) is 4.79 Å². The highest BCUT2D eigenvalue weighted by Crippen LogP contribution is 2.49. The SMILES string of the molecule is O=c1cc(CC2CC3CCC2C3)oc2ccc(O)cc12. The first-order valence-electron chi connectivity index (χ1n) is 7.45. The van der Waals surface area contributed by atoms with E-state index in [1.165, 1.54) is 31.7 Å². The van der Waals surface area contributed by atoms with Crippen LogP contribution in [0.3, 0.4) is 0 Å². The van der Waals surface area contributed by atoms with E-state index in [0.29, 0.717) is 16.9 Å². The normalized spacial score (nSPS) is 28.3. The fraction of sp³-hybridized carbons (Fsp3) is 0.471. The predicted octanol–water partition coefficient (Wildman–Crippen LogP) is 3.48. The van der Waals surface area contributed by atoms with Crippen molar-refractivity contribution in [3.63, 3.8) is 0 Å². The standard InChI is InChI=1S/C17H18O3/c18-13-3-4-17-15(8-13)16(19)9-14(20-17)7-12-6-10-1-2-11(12)5-10/h3-4,8-12,18H,1-2,5-7H2. The molecule has 20 heavy (non-hydrogen) atoms. The van der Waals surface area contributed by atoms with E-state index < -0.39 is 0 Å². The van der Waals surface area contributed by atoms with Crippen LogP contribution in [0.2, 0.25) is 0 Å². The molecule has 3 heteroatoms. The summed E-state index contributed by atoms with van der Waals surface area (Å²) in [6.07, 6.45) is 6.29. The third-order valence-electron chi connectivity index (χ3n) is 5.11. The van der Waals surface area contributed by atoms with Crippen LogP contribution in [-0.2, 0) is 6.42 Å². The summed E-state index contributed by atoms with van der Waals surface area (Å²) >= 11 is 0. The number of hydrogen-bond acceptors (Lipinski definition) is 3. The van der Waals surface area contributed by atoms with E-state index in [1.54, 1.807) is 18.2 Å². The molecule has 4 rings (SSSR count). The fourth-order valence-electron chi connectivity index (χ4n) is 4.18. The molecule has 0 saturated heterocycles. The molecule has 3 atom stereocenters. The van der Waals surface area contributed by atoms with Gasteiger partial charge in [-0.15, -0.1) is 0 Å². The Morgan fingerprint density at radius 2 is 2.10 bits per heavy atom. The Bertz CT molecular complexity index is 716. The third kappa shape index (κ3) is 1.92. The van der Waals surface area contributed by atoms with Crippen LogP contribution >= 0.6 is 0 Å². The van der Waals surface area contributed by atoms with Gasteiger partial charge < -0.3 is 9.52 Å². The molecule has 0 spiro atoms. The van der Waals surface area contributed by atoms with E-state index in [1.807, 2.05) is 0 Å². The number of rotatable bonds is 2. The van der Waals surface area contributed by atoms with Crippen LogP contribution in [0.4, 0.5) is 0 Å². The lowest BCUT2D eigenvalue weighted by Crippen LogP contribution is -2.14. The molecular weight excluding hydrogens is 252 g/mol. The maximum atomic E-state index is 12.1. The predicted molar refractivity (Wildman–Crippen MR) is 76.8 cm³/mol. The molecule has 104 valence electrons. The van der Waals surface area contributed by atoms with E-state index >= 15 is 0 Å². The van der Waals surface area contributed by atoms with Crippen molar-refractivity contribution in [2.75, 3.05) is 0 Å². The summed E-state index contributed by atoms with van der Waals surface area (Å²) in [5.74, 6) is 3.33. The topological polar surface area (TPSA) is 50.4 Å². The average Bonchev–Trinajstić information content (AvgIpc) is 3.02. The zero-order valence-electron chi connectivity index (χ0n) is 11.3. The molecule has 0 aliphatic heterocycles. The summed E-state index contributed by atoms with van der Waals surface area (Å²) in [4.78, 5) is 12.1. The van der Waals surface area contributed by atoms with Crippen LogP contribution in [0.5, 0.6) is 5.75 Å². The zero-order chi connectivity index (χ0) is 13.7. The number of phenolic OH excluding ortho intramolecular Hbond substituents is 1. The van der Waals surface area contributed by atoms with E-state index in [0.717, 1.165) is 24.0 Å². The summed E-state index contributed by atoms with van der Waals surface area (Å²) in [6.45, 7) is 0. The van der Waals surface area contributed by atoms with Crippen molar-refractivity contribution in [2.24, 2.45) is 17.8 Å². The van der Waals surface area contributed by atoms with Gasteiger partial charge in [-0.05, 0) is 55.2 Å². The van der Waals surface area contributed by atoms with Crippen molar-refractivity contribution in [1.82, 2.24) is 0 Å². The van der Waals surface area contributed by atoms with Gasteiger partial charge in [0, 0.05) is 12.5 Å². The van der Waals surface area contributed by atoms with Gasteiger partial charge in [0.25, 0.3) is 0 Å². The van der Waals surface area contributed by atoms with Crippen molar-refractivity contribution < 1.29 is 9.52 Å². The Kier molecular flexibility index (Phi) is 2.62. The molecule has 1 aromatic heterocycles. The van der Waals surface area contributed by atoms with Crippen molar-refractivity contribution in [1.29, 1.82) is 0 Å². The van der Waals surface area contributed by atoms with Gasteiger partial charge in [-0.1, -0.05) is 6.42 Å². The van der Waals surface area contributed by atoms with Gasteiger partial charge in [-0.25, -0.2) is 0 Å². The molecule has 3 nitrogen and oxygen atoms in total. The Labute approximate surface area is 117 Å². The van der Waals surface area contributed by atoms with Gasteiger partial charge in [-0.2, -0.15) is 0 Å². The van der Waals surface area contributed by atoms with Gasteiger partial charge in [0.2, 0.25) is 0 Å². The summed E-state index contributed by atoms with van der Waals surface area (Å²) in [6, 6.07) is 6.32. The summed E-state index contributed by atoms with van der Waals surface area (Å²) < 4.78 is 5.86. The molecule has 1 N–H and O–H groups in total.